The fourth-order valence-electron chi connectivity index (χ4n) is 2.04. The smallest absolute Gasteiger partial charge is 0.276 e. The van der Waals surface area contributed by atoms with Crippen LogP contribution in [0.15, 0.2) is 58.5 Å². The van der Waals surface area contributed by atoms with Crippen molar-refractivity contribution in [2.45, 2.75) is 25.2 Å². The van der Waals surface area contributed by atoms with Crippen molar-refractivity contribution in [3.63, 3.8) is 0 Å². The monoisotopic (exact) mass is 350 g/mol. The average molecular weight is 350 g/mol. The normalized spacial score (nSPS) is 12.0. The molecule has 0 spiro atoms. The average Bonchev–Trinajstić information content (AvgIpc) is 2.58. The van der Waals surface area contributed by atoms with Gasteiger partial charge in [-0.1, -0.05) is 19.1 Å². The van der Waals surface area contributed by atoms with Gasteiger partial charge in [-0.15, -0.1) is 0 Å². The van der Waals surface area contributed by atoms with Crippen LogP contribution < -0.4 is 9.57 Å². The van der Waals surface area contributed by atoms with Crippen molar-refractivity contribution in [1.82, 2.24) is 4.83 Å². The number of hydrogen-bond donors (Lipinski definition) is 1. The third kappa shape index (κ3) is 4.55. The first-order valence-electron chi connectivity index (χ1n) is 7.53. The number of rotatable bonds is 7. The zero-order valence-corrected chi connectivity index (χ0v) is 14.3. The molecule has 0 unspecified atom stereocenters. The molecular formula is C17H19FN2O3S. The number of hydrazone groups is 1. The molecule has 0 saturated heterocycles. The van der Waals surface area contributed by atoms with Gasteiger partial charge in [-0.2, -0.15) is 18.4 Å². The fourth-order valence-corrected chi connectivity index (χ4v) is 2.87. The van der Waals surface area contributed by atoms with Crippen LogP contribution in [0.5, 0.6) is 5.75 Å². The highest BCUT2D eigenvalue weighted by atomic mass is 32.2. The second-order valence-corrected chi connectivity index (χ2v) is 6.58. The Balaban J connectivity index is 2.19. The third-order valence-electron chi connectivity index (χ3n) is 3.26. The van der Waals surface area contributed by atoms with E-state index in [2.05, 4.69) is 9.93 Å². The Hall–Kier alpha value is -2.41. The second-order valence-electron chi connectivity index (χ2n) is 4.92. The van der Waals surface area contributed by atoms with Gasteiger partial charge in [0.25, 0.3) is 10.0 Å². The number of ether oxygens (including phenoxy) is 1. The molecule has 0 aliphatic carbocycles. The minimum atomic E-state index is -3.78. The van der Waals surface area contributed by atoms with Crippen LogP contribution in [-0.2, 0) is 10.0 Å². The SMILES string of the molecule is CCOc1ccc(S(=O)(=O)N/N=C(/CC)c2ccc(F)cc2)cc1. The van der Waals surface area contributed by atoms with Crippen molar-refractivity contribution in [3.8, 4) is 5.75 Å². The van der Waals surface area contributed by atoms with Crippen LogP contribution in [0, 0.1) is 5.82 Å². The topological polar surface area (TPSA) is 67.8 Å². The van der Waals surface area contributed by atoms with Crippen LogP contribution in [0.2, 0.25) is 0 Å². The van der Waals surface area contributed by atoms with Crippen molar-refractivity contribution in [2.24, 2.45) is 5.10 Å². The van der Waals surface area contributed by atoms with Crippen molar-refractivity contribution in [1.29, 1.82) is 0 Å². The molecule has 0 amide bonds. The molecule has 0 radical (unpaired) electrons. The van der Waals surface area contributed by atoms with Crippen LogP contribution >= 0.6 is 0 Å². The summed E-state index contributed by atoms with van der Waals surface area (Å²) in [5.41, 5.74) is 1.18. The van der Waals surface area contributed by atoms with Gasteiger partial charge in [-0.25, -0.2) is 4.39 Å². The predicted molar refractivity (Wildman–Crippen MR) is 91.2 cm³/mol. The molecule has 128 valence electrons. The third-order valence-corrected chi connectivity index (χ3v) is 4.48. The predicted octanol–water partition coefficient (Wildman–Crippen LogP) is 3.32. The zero-order valence-electron chi connectivity index (χ0n) is 13.5. The fraction of sp³-hybridized carbons (Fsp3) is 0.235. The van der Waals surface area contributed by atoms with Crippen molar-refractivity contribution in [2.75, 3.05) is 6.61 Å². The van der Waals surface area contributed by atoms with E-state index >= 15 is 0 Å². The highest BCUT2D eigenvalue weighted by Gasteiger charge is 2.13. The summed E-state index contributed by atoms with van der Waals surface area (Å²) in [6.45, 7) is 4.20. The summed E-state index contributed by atoms with van der Waals surface area (Å²) in [4.78, 5) is 2.30. The summed E-state index contributed by atoms with van der Waals surface area (Å²) in [5.74, 6) is 0.240. The Morgan fingerprint density at radius 1 is 1.08 bits per heavy atom. The first kappa shape index (κ1) is 17.9. The lowest BCUT2D eigenvalue weighted by molar-refractivity contribution is 0.340. The van der Waals surface area contributed by atoms with E-state index in [0.29, 0.717) is 30.1 Å². The van der Waals surface area contributed by atoms with E-state index in [9.17, 15) is 12.8 Å². The van der Waals surface area contributed by atoms with Crippen molar-refractivity contribution in [3.05, 3.63) is 59.9 Å². The molecule has 0 aliphatic heterocycles. The van der Waals surface area contributed by atoms with E-state index in [1.807, 2.05) is 13.8 Å². The summed E-state index contributed by atoms with van der Waals surface area (Å²) in [7, 11) is -3.78. The Labute approximate surface area is 141 Å². The molecule has 7 heteroatoms. The minimum absolute atomic E-state index is 0.0873. The summed E-state index contributed by atoms with van der Waals surface area (Å²) in [5, 5.41) is 3.97. The number of hydrogen-bond acceptors (Lipinski definition) is 4. The molecule has 0 saturated carbocycles. The van der Waals surface area contributed by atoms with Gasteiger partial charge in [-0.05, 0) is 55.3 Å². The molecule has 0 aromatic heterocycles. The lowest BCUT2D eigenvalue weighted by Crippen LogP contribution is -2.20. The maximum atomic E-state index is 13.0. The molecule has 24 heavy (non-hydrogen) atoms. The highest BCUT2D eigenvalue weighted by molar-refractivity contribution is 7.89. The molecule has 0 heterocycles. The molecule has 0 aliphatic rings. The Kier molecular flexibility index (Phi) is 5.92. The van der Waals surface area contributed by atoms with Gasteiger partial charge in [0.15, 0.2) is 0 Å². The van der Waals surface area contributed by atoms with Gasteiger partial charge in [0.2, 0.25) is 0 Å². The first-order chi connectivity index (χ1) is 11.5. The van der Waals surface area contributed by atoms with Gasteiger partial charge in [-0.3, -0.25) is 0 Å². The number of nitrogens with one attached hydrogen (secondary N) is 1. The van der Waals surface area contributed by atoms with Gasteiger partial charge in [0.05, 0.1) is 17.2 Å². The molecule has 5 nitrogen and oxygen atoms in total. The number of sulfonamides is 1. The van der Waals surface area contributed by atoms with Crippen molar-refractivity contribution < 1.29 is 17.5 Å². The van der Waals surface area contributed by atoms with E-state index in [-0.39, 0.29) is 10.7 Å². The van der Waals surface area contributed by atoms with Gasteiger partial charge in [0.1, 0.15) is 11.6 Å². The van der Waals surface area contributed by atoms with E-state index < -0.39 is 10.0 Å². The Morgan fingerprint density at radius 3 is 2.25 bits per heavy atom. The van der Waals surface area contributed by atoms with Gasteiger partial charge >= 0.3 is 0 Å². The molecule has 0 atom stereocenters. The zero-order chi connectivity index (χ0) is 17.6. The highest BCUT2D eigenvalue weighted by Crippen LogP contribution is 2.16. The van der Waals surface area contributed by atoms with Crippen molar-refractivity contribution >= 4 is 15.7 Å². The quantitative estimate of drug-likeness (QED) is 0.615. The molecule has 2 rings (SSSR count). The van der Waals surface area contributed by atoms with Gasteiger partial charge in [0, 0.05) is 0 Å². The summed E-state index contributed by atoms with van der Waals surface area (Å²) < 4.78 is 42.8. The van der Waals surface area contributed by atoms with Crippen LogP contribution in [0.3, 0.4) is 0 Å². The Morgan fingerprint density at radius 2 is 1.71 bits per heavy atom. The van der Waals surface area contributed by atoms with Crippen LogP contribution in [0.1, 0.15) is 25.8 Å². The van der Waals surface area contributed by atoms with E-state index in [1.54, 1.807) is 24.3 Å². The first-order valence-corrected chi connectivity index (χ1v) is 9.01. The molecule has 2 aromatic rings. The standard InChI is InChI=1S/C17H19FN2O3S/c1-3-17(13-5-7-14(18)8-6-13)19-20-24(21,22)16-11-9-15(10-12-16)23-4-2/h5-12,20H,3-4H2,1-2H3/b19-17-. The summed E-state index contributed by atoms with van der Waals surface area (Å²) in [6.07, 6.45) is 0.497. The summed E-state index contributed by atoms with van der Waals surface area (Å²) in [6, 6.07) is 11.8. The molecule has 0 bridgehead atoms. The lowest BCUT2D eigenvalue weighted by Gasteiger charge is -2.08. The maximum Gasteiger partial charge on any atom is 0.276 e. The second kappa shape index (κ2) is 7.92. The molecule has 0 fully saturated rings. The van der Waals surface area contributed by atoms with E-state index in [0.717, 1.165) is 0 Å². The number of nitrogens with zero attached hydrogens (tertiary/aromatic N) is 1. The summed E-state index contributed by atoms with van der Waals surface area (Å²) >= 11 is 0. The maximum absolute atomic E-state index is 13.0. The van der Waals surface area contributed by atoms with E-state index in [4.69, 9.17) is 4.74 Å². The van der Waals surface area contributed by atoms with Crippen LogP contribution in [0.4, 0.5) is 4.39 Å². The molecular weight excluding hydrogens is 331 g/mol. The van der Waals surface area contributed by atoms with E-state index in [1.165, 1.54) is 24.3 Å². The van der Waals surface area contributed by atoms with Crippen LogP contribution in [0.25, 0.3) is 0 Å². The molecule has 1 N–H and O–H groups in total. The Bertz CT molecular complexity index is 801. The van der Waals surface area contributed by atoms with Crippen LogP contribution in [-0.4, -0.2) is 20.7 Å². The minimum Gasteiger partial charge on any atom is -0.494 e. The number of halogens is 1. The largest absolute Gasteiger partial charge is 0.494 e. The lowest BCUT2D eigenvalue weighted by atomic mass is 10.1. The molecule has 2 aromatic carbocycles. The number of benzene rings is 2. The van der Waals surface area contributed by atoms with Gasteiger partial charge < -0.3 is 4.74 Å².